The van der Waals surface area contributed by atoms with Crippen LogP contribution in [0, 0.1) is 5.92 Å². The average Bonchev–Trinajstić information content (AvgIpc) is 2.76. The van der Waals surface area contributed by atoms with Gasteiger partial charge < -0.3 is 26.6 Å². The number of benzene rings is 2. The fourth-order valence-corrected chi connectivity index (χ4v) is 3.51. The fraction of sp³-hybridized carbons (Fsp3) is 0.440. The lowest BCUT2D eigenvalue weighted by atomic mass is 10.00. The van der Waals surface area contributed by atoms with Gasteiger partial charge in [0, 0.05) is 12.6 Å². The van der Waals surface area contributed by atoms with E-state index in [-0.39, 0.29) is 12.5 Å². The monoisotopic (exact) mass is 441 g/mol. The van der Waals surface area contributed by atoms with E-state index in [0.29, 0.717) is 19.3 Å². The molecule has 0 fully saturated rings. The molecule has 0 aliphatic carbocycles. The third-order valence-corrected chi connectivity index (χ3v) is 5.30. The van der Waals surface area contributed by atoms with Crippen LogP contribution in [0.25, 0.3) is 0 Å². The smallest absolute Gasteiger partial charge is 0.326 e. The normalized spacial score (nSPS) is 15.0. The van der Waals surface area contributed by atoms with Crippen LogP contribution in [0.3, 0.4) is 0 Å². The van der Waals surface area contributed by atoms with Gasteiger partial charge in [0.15, 0.2) is 0 Å². The molecule has 0 aliphatic heterocycles. The number of aliphatic hydroxyl groups is 1. The molecule has 0 saturated heterocycles. The number of carbonyl (C=O) groups excluding carboxylic acids is 1. The van der Waals surface area contributed by atoms with Crippen molar-refractivity contribution in [3.8, 4) is 0 Å². The first-order chi connectivity index (χ1) is 15.3. The van der Waals surface area contributed by atoms with Crippen molar-refractivity contribution in [3.05, 3.63) is 71.8 Å². The predicted molar refractivity (Wildman–Crippen MR) is 125 cm³/mol. The number of nitrogens with one attached hydrogen (secondary N) is 2. The summed E-state index contributed by atoms with van der Waals surface area (Å²) in [6.07, 6.45) is 0.340. The van der Waals surface area contributed by atoms with Crippen LogP contribution < -0.4 is 16.4 Å². The van der Waals surface area contributed by atoms with E-state index < -0.39 is 36.1 Å². The van der Waals surface area contributed by atoms with Gasteiger partial charge in [0.1, 0.15) is 6.04 Å². The van der Waals surface area contributed by atoms with E-state index in [1.807, 2.05) is 74.5 Å². The molecule has 2 rings (SSSR count). The van der Waals surface area contributed by atoms with Gasteiger partial charge in [0.05, 0.1) is 12.1 Å². The molecule has 2 aromatic rings. The number of hydrogen-bond acceptors (Lipinski definition) is 5. The van der Waals surface area contributed by atoms with Crippen molar-refractivity contribution in [2.75, 3.05) is 6.54 Å². The largest absolute Gasteiger partial charge is 0.480 e. The second-order valence-corrected chi connectivity index (χ2v) is 8.60. The molecule has 1 unspecified atom stereocenters. The Hall–Kier alpha value is -2.74. The van der Waals surface area contributed by atoms with Gasteiger partial charge in [-0.25, -0.2) is 4.79 Å². The highest BCUT2D eigenvalue weighted by Crippen LogP contribution is 2.09. The van der Waals surface area contributed by atoms with E-state index in [2.05, 4.69) is 10.6 Å². The second-order valence-electron chi connectivity index (χ2n) is 8.60. The van der Waals surface area contributed by atoms with E-state index in [9.17, 15) is 19.8 Å². The van der Waals surface area contributed by atoms with Crippen LogP contribution in [0.2, 0.25) is 0 Å². The molecule has 2 aromatic carbocycles. The summed E-state index contributed by atoms with van der Waals surface area (Å²) in [5.41, 5.74) is 8.12. The van der Waals surface area contributed by atoms with Crippen molar-refractivity contribution in [1.82, 2.24) is 10.6 Å². The van der Waals surface area contributed by atoms with Gasteiger partial charge >= 0.3 is 5.97 Å². The quantitative estimate of drug-likeness (QED) is 0.322. The Morgan fingerprint density at radius 1 is 0.906 bits per heavy atom. The van der Waals surface area contributed by atoms with Crippen LogP contribution in [-0.2, 0) is 22.4 Å². The predicted octanol–water partition coefficient (Wildman–Crippen LogP) is 1.73. The van der Waals surface area contributed by atoms with E-state index in [0.717, 1.165) is 11.1 Å². The molecular formula is C25H35N3O4. The number of carboxylic acids is 1. The first kappa shape index (κ1) is 25.5. The summed E-state index contributed by atoms with van der Waals surface area (Å²) in [6, 6.07) is 17.0. The van der Waals surface area contributed by atoms with Gasteiger partial charge in [0.2, 0.25) is 5.91 Å². The molecule has 0 bridgehead atoms. The molecule has 4 atom stereocenters. The molecule has 7 heteroatoms. The molecule has 0 spiro atoms. The molecular weight excluding hydrogens is 406 g/mol. The zero-order valence-electron chi connectivity index (χ0n) is 18.8. The summed E-state index contributed by atoms with van der Waals surface area (Å²) in [5.74, 6) is -1.35. The minimum Gasteiger partial charge on any atom is -0.480 e. The molecule has 0 radical (unpaired) electrons. The minimum atomic E-state index is -1.06. The van der Waals surface area contributed by atoms with Crippen LogP contribution in [0.5, 0.6) is 0 Å². The lowest BCUT2D eigenvalue weighted by molar-refractivity contribution is -0.142. The minimum absolute atomic E-state index is 0.112. The number of carboxylic acid groups (broad SMARTS) is 1. The van der Waals surface area contributed by atoms with Gasteiger partial charge in [0.25, 0.3) is 0 Å². The number of carbonyl (C=O) groups is 2. The Bertz CT molecular complexity index is 830. The van der Waals surface area contributed by atoms with Gasteiger partial charge in [-0.15, -0.1) is 0 Å². The summed E-state index contributed by atoms with van der Waals surface area (Å²) in [4.78, 5) is 24.6. The summed E-state index contributed by atoms with van der Waals surface area (Å²) in [5, 5.41) is 25.8. The maximum atomic E-state index is 13.0. The van der Waals surface area contributed by atoms with Gasteiger partial charge in [-0.3, -0.25) is 4.79 Å². The SMILES string of the molecule is CC(C)C[C@H](NC(=O)[C@H](Cc1ccccc1)NCC(O)[C@@H](N)Cc1ccccc1)C(=O)O. The molecule has 0 aromatic heterocycles. The topological polar surface area (TPSA) is 125 Å². The van der Waals surface area contributed by atoms with Crippen LogP contribution in [0.15, 0.2) is 60.7 Å². The van der Waals surface area contributed by atoms with Crippen molar-refractivity contribution in [2.45, 2.75) is 57.3 Å². The Kier molecular flexibility index (Phi) is 10.3. The van der Waals surface area contributed by atoms with Crippen LogP contribution in [-0.4, -0.2) is 52.9 Å². The van der Waals surface area contributed by atoms with Gasteiger partial charge in [-0.1, -0.05) is 74.5 Å². The van der Waals surface area contributed by atoms with E-state index >= 15 is 0 Å². The summed E-state index contributed by atoms with van der Waals surface area (Å²) >= 11 is 0. The van der Waals surface area contributed by atoms with E-state index in [1.165, 1.54) is 0 Å². The number of amides is 1. The molecule has 0 saturated carbocycles. The number of aliphatic carboxylic acids is 1. The number of rotatable bonds is 13. The Morgan fingerprint density at radius 2 is 1.44 bits per heavy atom. The molecule has 0 heterocycles. The number of hydrogen-bond donors (Lipinski definition) is 5. The van der Waals surface area contributed by atoms with Crippen LogP contribution in [0.4, 0.5) is 0 Å². The maximum Gasteiger partial charge on any atom is 0.326 e. The molecule has 32 heavy (non-hydrogen) atoms. The Labute approximate surface area is 190 Å². The molecule has 7 nitrogen and oxygen atoms in total. The maximum absolute atomic E-state index is 13.0. The number of aliphatic hydroxyl groups excluding tert-OH is 1. The summed E-state index contributed by atoms with van der Waals surface area (Å²) in [7, 11) is 0. The second kappa shape index (κ2) is 13.0. The lowest BCUT2D eigenvalue weighted by Gasteiger charge is -2.25. The van der Waals surface area contributed by atoms with Crippen molar-refractivity contribution < 1.29 is 19.8 Å². The van der Waals surface area contributed by atoms with Gasteiger partial charge in [-0.2, -0.15) is 0 Å². The van der Waals surface area contributed by atoms with Crippen LogP contribution in [0.1, 0.15) is 31.4 Å². The first-order valence-corrected chi connectivity index (χ1v) is 11.0. The molecule has 174 valence electrons. The highest BCUT2D eigenvalue weighted by atomic mass is 16.4. The summed E-state index contributed by atoms with van der Waals surface area (Å²) in [6.45, 7) is 3.93. The molecule has 1 amide bonds. The molecule has 0 aliphatic rings. The average molecular weight is 442 g/mol. The number of nitrogens with two attached hydrogens (primary N) is 1. The van der Waals surface area contributed by atoms with Crippen molar-refractivity contribution in [3.63, 3.8) is 0 Å². The van der Waals surface area contributed by atoms with E-state index in [1.54, 1.807) is 0 Å². The fourth-order valence-electron chi connectivity index (χ4n) is 3.51. The zero-order valence-corrected chi connectivity index (χ0v) is 18.8. The van der Waals surface area contributed by atoms with Crippen LogP contribution >= 0.6 is 0 Å². The Balaban J connectivity index is 2.03. The third-order valence-electron chi connectivity index (χ3n) is 5.30. The standard InChI is InChI=1S/C25H35N3O4/c1-17(2)13-22(25(31)32)28-24(30)21(15-19-11-7-4-8-12-19)27-16-23(29)20(26)14-18-9-5-3-6-10-18/h3-12,17,20-23,27,29H,13-16,26H2,1-2H3,(H,28,30)(H,31,32)/t20-,21-,22-,23?/m0/s1. The van der Waals surface area contributed by atoms with Crippen molar-refractivity contribution in [2.24, 2.45) is 11.7 Å². The van der Waals surface area contributed by atoms with Crippen molar-refractivity contribution >= 4 is 11.9 Å². The third kappa shape index (κ3) is 8.78. The molecule has 6 N–H and O–H groups in total. The Morgan fingerprint density at radius 3 is 1.94 bits per heavy atom. The summed E-state index contributed by atoms with van der Waals surface area (Å²) < 4.78 is 0. The first-order valence-electron chi connectivity index (χ1n) is 11.0. The zero-order chi connectivity index (χ0) is 23.5. The van der Waals surface area contributed by atoms with Crippen molar-refractivity contribution in [1.29, 1.82) is 0 Å². The highest BCUT2D eigenvalue weighted by molar-refractivity contribution is 5.87. The van der Waals surface area contributed by atoms with E-state index in [4.69, 9.17) is 5.73 Å². The highest BCUT2D eigenvalue weighted by Gasteiger charge is 2.27. The lowest BCUT2D eigenvalue weighted by Crippen LogP contribution is -2.54. The van der Waals surface area contributed by atoms with Gasteiger partial charge in [-0.05, 0) is 36.3 Å².